The molecule has 0 radical (unpaired) electrons. The van der Waals surface area contributed by atoms with Crippen LogP contribution in [0.5, 0.6) is 0 Å². The molecule has 2 rings (SSSR count). The van der Waals surface area contributed by atoms with E-state index in [0.717, 1.165) is 0 Å². The normalized spacial score (nSPS) is 10.7. The summed E-state index contributed by atoms with van der Waals surface area (Å²) in [5, 5.41) is 0.304. The van der Waals surface area contributed by atoms with E-state index >= 15 is 0 Å². The maximum absolute atomic E-state index is 13.6. The van der Waals surface area contributed by atoms with Crippen molar-refractivity contribution in [3.8, 4) is 0 Å². The lowest BCUT2D eigenvalue weighted by Crippen LogP contribution is -2.06. The molecule has 4 heteroatoms. The Kier molecular flexibility index (Phi) is 2.64. The number of aryl methyl sites for hydroxylation is 1. The summed E-state index contributed by atoms with van der Waals surface area (Å²) < 4.78 is 18.5. The van der Waals surface area contributed by atoms with E-state index < -0.39 is 11.8 Å². The Balaban J connectivity index is 2.68. The van der Waals surface area contributed by atoms with Gasteiger partial charge in [-0.1, -0.05) is 6.07 Å². The molecule has 3 nitrogen and oxygen atoms in total. The summed E-state index contributed by atoms with van der Waals surface area (Å²) >= 11 is 0. The van der Waals surface area contributed by atoms with Gasteiger partial charge in [-0.2, -0.15) is 0 Å². The second-order valence-corrected chi connectivity index (χ2v) is 3.51. The number of esters is 1. The lowest BCUT2D eigenvalue weighted by atomic mass is 10.1. The van der Waals surface area contributed by atoms with Gasteiger partial charge in [-0.05, 0) is 26.0 Å². The third-order valence-electron chi connectivity index (χ3n) is 2.44. The van der Waals surface area contributed by atoms with Crippen molar-refractivity contribution in [2.24, 2.45) is 0 Å². The molecule has 0 saturated carbocycles. The fourth-order valence-electron chi connectivity index (χ4n) is 1.79. The first-order valence-electron chi connectivity index (χ1n) is 5.09. The smallest absolute Gasteiger partial charge is 0.340 e. The van der Waals surface area contributed by atoms with Crippen LogP contribution >= 0.6 is 0 Å². The van der Waals surface area contributed by atoms with E-state index in [9.17, 15) is 9.18 Å². The molecule has 0 saturated heterocycles. The topological polar surface area (TPSA) is 42.1 Å². The molecule has 0 unspecified atom stereocenters. The van der Waals surface area contributed by atoms with Crippen LogP contribution in [0.2, 0.25) is 0 Å². The van der Waals surface area contributed by atoms with Crippen LogP contribution in [0.25, 0.3) is 10.9 Å². The second kappa shape index (κ2) is 3.96. The molecule has 1 N–H and O–H groups in total. The largest absolute Gasteiger partial charge is 0.462 e. The van der Waals surface area contributed by atoms with E-state index in [1.54, 1.807) is 26.0 Å². The molecule has 0 aliphatic rings. The van der Waals surface area contributed by atoms with Crippen LogP contribution in [0.3, 0.4) is 0 Å². The van der Waals surface area contributed by atoms with E-state index in [1.165, 1.54) is 6.07 Å². The summed E-state index contributed by atoms with van der Waals surface area (Å²) in [6, 6.07) is 4.66. The third-order valence-corrected chi connectivity index (χ3v) is 2.44. The van der Waals surface area contributed by atoms with Gasteiger partial charge in [0.05, 0.1) is 17.6 Å². The van der Waals surface area contributed by atoms with Crippen LogP contribution in [0.15, 0.2) is 18.2 Å². The van der Waals surface area contributed by atoms with Crippen molar-refractivity contribution in [1.82, 2.24) is 4.98 Å². The molecule has 0 aliphatic heterocycles. The number of fused-ring (bicyclic) bond motifs is 1. The Hall–Kier alpha value is -1.84. The Bertz CT molecular complexity index is 545. The number of aromatic nitrogens is 1. The molecule has 0 bridgehead atoms. The van der Waals surface area contributed by atoms with Crippen molar-refractivity contribution < 1.29 is 13.9 Å². The quantitative estimate of drug-likeness (QED) is 0.792. The summed E-state index contributed by atoms with van der Waals surface area (Å²) in [5.74, 6) is -0.902. The minimum atomic E-state index is -0.489. The second-order valence-electron chi connectivity index (χ2n) is 3.51. The van der Waals surface area contributed by atoms with Gasteiger partial charge >= 0.3 is 5.97 Å². The average molecular weight is 221 g/mol. The van der Waals surface area contributed by atoms with Crippen LogP contribution < -0.4 is 0 Å². The molecule has 84 valence electrons. The van der Waals surface area contributed by atoms with Crippen LogP contribution in [0.4, 0.5) is 4.39 Å². The number of nitrogens with one attached hydrogen (secondary N) is 1. The zero-order valence-electron chi connectivity index (χ0n) is 9.13. The number of H-pyrrole nitrogens is 1. The average Bonchev–Trinajstić information content (AvgIpc) is 2.56. The summed E-state index contributed by atoms with van der Waals surface area (Å²) in [5.41, 5.74) is 1.52. The van der Waals surface area contributed by atoms with Gasteiger partial charge < -0.3 is 9.72 Å². The molecule has 16 heavy (non-hydrogen) atoms. The predicted molar refractivity (Wildman–Crippen MR) is 59.0 cm³/mol. The van der Waals surface area contributed by atoms with Gasteiger partial charge in [0.25, 0.3) is 0 Å². The van der Waals surface area contributed by atoms with Crippen molar-refractivity contribution in [2.75, 3.05) is 6.61 Å². The standard InChI is InChI=1S/C12H12FNO2/c1-3-16-12(15)10-7(2)14-9-6-4-5-8(13)11(9)10/h4-6,14H,3H2,1-2H3. The maximum atomic E-state index is 13.6. The van der Waals surface area contributed by atoms with Crippen LogP contribution in [-0.4, -0.2) is 17.6 Å². The minimum absolute atomic E-state index is 0.277. The van der Waals surface area contributed by atoms with E-state index in [-0.39, 0.29) is 12.2 Å². The lowest BCUT2D eigenvalue weighted by Gasteiger charge is -2.01. The van der Waals surface area contributed by atoms with Gasteiger partial charge in [0.15, 0.2) is 0 Å². The number of benzene rings is 1. The molecule has 0 amide bonds. The highest BCUT2D eigenvalue weighted by Crippen LogP contribution is 2.25. The number of halogens is 1. The number of hydrogen-bond acceptors (Lipinski definition) is 2. The third kappa shape index (κ3) is 1.56. The van der Waals surface area contributed by atoms with E-state index in [2.05, 4.69) is 4.98 Å². The zero-order valence-corrected chi connectivity index (χ0v) is 9.13. The SMILES string of the molecule is CCOC(=O)c1c(C)[nH]c2cccc(F)c12. The van der Waals surface area contributed by atoms with Gasteiger partial charge in [-0.15, -0.1) is 0 Å². The fourth-order valence-corrected chi connectivity index (χ4v) is 1.79. The van der Waals surface area contributed by atoms with Crippen LogP contribution in [-0.2, 0) is 4.74 Å². The van der Waals surface area contributed by atoms with Crippen molar-refractivity contribution in [1.29, 1.82) is 0 Å². The molecule has 0 fully saturated rings. The fraction of sp³-hybridized carbons (Fsp3) is 0.250. The molecule has 0 spiro atoms. The van der Waals surface area contributed by atoms with Crippen molar-refractivity contribution >= 4 is 16.9 Å². The maximum Gasteiger partial charge on any atom is 0.340 e. The Morgan fingerprint density at radius 1 is 1.50 bits per heavy atom. The first-order chi connectivity index (χ1) is 7.65. The van der Waals surface area contributed by atoms with Gasteiger partial charge in [0.2, 0.25) is 0 Å². The Labute approximate surface area is 92.2 Å². The number of ether oxygens (including phenoxy) is 1. The van der Waals surface area contributed by atoms with Crippen LogP contribution in [0.1, 0.15) is 23.0 Å². The number of carbonyl (C=O) groups is 1. The first-order valence-corrected chi connectivity index (χ1v) is 5.09. The molecule has 0 aliphatic carbocycles. The number of rotatable bonds is 2. The molecule has 0 atom stereocenters. The minimum Gasteiger partial charge on any atom is -0.462 e. The summed E-state index contributed by atoms with van der Waals surface area (Å²) in [6.07, 6.45) is 0. The van der Waals surface area contributed by atoms with Crippen molar-refractivity contribution in [2.45, 2.75) is 13.8 Å². The Morgan fingerprint density at radius 2 is 2.25 bits per heavy atom. The number of hydrogen-bond donors (Lipinski definition) is 1. The number of carbonyl (C=O) groups excluding carboxylic acids is 1. The molecular weight excluding hydrogens is 209 g/mol. The van der Waals surface area contributed by atoms with E-state index in [0.29, 0.717) is 16.6 Å². The molecular formula is C12H12FNO2. The van der Waals surface area contributed by atoms with Crippen molar-refractivity contribution in [3.05, 3.63) is 35.3 Å². The summed E-state index contributed by atoms with van der Waals surface area (Å²) in [6.45, 7) is 3.73. The van der Waals surface area contributed by atoms with Gasteiger partial charge in [0, 0.05) is 11.2 Å². The van der Waals surface area contributed by atoms with E-state index in [1.807, 2.05) is 0 Å². The van der Waals surface area contributed by atoms with Crippen molar-refractivity contribution in [3.63, 3.8) is 0 Å². The zero-order chi connectivity index (χ0) is 11.7. The molecule has 2 aromatic rings. The summed E-state index contributed by atoms with van der Waals surface area (Å²) in [7, 11) is 0. The molecule has 1 aromatic heterocycles. The highest BCUT2D eigenvalue weighted by Gasteiger charge is 2.19. The highest BCUT2D eigenvalue weighted by atomic mass is 19.1. The number of aromatic amines is 1. The van der Waals surface area contributed by atoms with Crippen LogP contribution in [0, 0.1) is 12.7 Å². The molecule has 1 heterocycles. The molecule has 1 aromatic carbocycles. The van der Waals surface area contributed by atoms with Gasteiger partial charge in [0.1, 0.15) is 5.82 Å². The monoisotopic (exact) mass is 221 g/mol. The predicted octanol–water partition coefficient (Wildman–Crippen LogP) is 2.79. The Morgan fingerprint density at radius 3 is 2.94 bits per heavy atom. The highest BCUT2D eigenvalue weighted by molar-refractivity contribution is 6.05. The van der Waals surface area contributed by atoms with Gasteiger partial charge in [-0.3, -0.25) is 0 Å². The first kappa shape index (κ1) is 10.7. The summed E-state index contributed by atoms with van der Waals surface area (Å²) in [4.78, 5) is 14.7. The van der Waals surface area contributed by atoms with E-state index in [4.69, 9.17) is 4.74 Å². The lowest BCUT2D eigenvalue weighted by molar-refractivity contribution is 0.0527. The van der Waals surface area contributed by atoms with Gasteiger partial charge in [-0.25, -0.2) is 9.18 Å².